The molecular weight excluding hydrogens is 248 g/mol. The monoisotopic (exact) mass is 260 g/mol. The zero-order chi connectivity index (χ0) is 12.5. The molecule has 0 aliphatic carbocycles. The maximum Gasteiger partial charge on any atom is 0.214 e. The lowest BCUT2D eigenvalue weighted by atomic mass is 10.2. The van der Waals surface area contributed by atoms with E-state index in [9.17, 15) is 0 Å². The van der Waals surface area contributed by atoms with E-state index in [-0.39, 0.29) is 0 Å². The van der Waals surface area contributed by atoms with E-state index in [2.05, 4.69) is 10.1 Å². The second kappa shape index (κ2) is 4.30. The van der Waals surface area contributed by atoms with Crippen LogP contribution in [0.15, 0.2) is 29.6 Å². The van der Waals surface area contributed by atoms with Gasteiger partial charge in [-0.3, -0.25) is 0 Å². The number of nitrogen functional groups attached to an aromatic ring is 1. The lowest BCUT2D eigenvalue weighted by Crippen LogP contribution is -1.93. The number of hydrogen-bond donors (Lipinski definition) is 1. The first-order chi connectivity index (χ1) is 8.78. The van der Waals surface area contributed by atoms with E-state index in [1.165, 1.54) is 11.3 Å². The molecule has 2 aromatic heterocycles. The number of rotatable bonds is 3. The summed E-state index contributed by atoms with van der Waals surface area (Å²) in [6.07, 6.45) is 0. The molecular formula is C12H12N4OS. The van der Waals surface area contributed by atoms with E-state index in [0.717, 1.165) is 16.3 Å². The second-order valence-electron chi connectivity index (χ2n) is 3.75. The van der Waals surface area contributed by atoms with Crippen LogP contribution in [0.1, 0.15) is 6.92 Å². The third-order valence-corrected chi connectivity index (χ3v) is 3.37. The number of anilines is 1. The average molecular weight is 260 g/mol. The van der Waals surface area contributed by atoms with Crippen LogP contribution in [0.25, 0.3) is 16.3 Å². The van der Waals surface area contributed by atoms with Gasteiger partial charge in [0.1, 0.15) is 11.6 Å². The highest BCUT2D eigenvalue weighted by atomic mass is 32.1. The largest absolute Gasteiger partial charge is 0.494 e. The van der Waals surface area contributed by atoms with Crippen molar-refractivity contribution in [3.05, 3.63) is 29.6 Å². The molecule has 0 saturated carbocycles. The average Bonchev–Trinajstić information content (AvgIpc) is 2.94. The van der Waals surface area contributed by atoms with E-state index < -0.39 is 0 Å². The molecule has 0 amide bonds. The Morgan fingerprint density at radius 1 is 1.33 bits per heavy atom. The van der Waals surface area contributed by atoms with Gasteiger partial charge in [0.05, 0.1) is 6.61 Å². The lowest BCUT2D eigenvalue weighted by molar-refractivity contribution is 0.340. The molecule has 0 radical (unpaired) electrons. The first-order valence-electron chi connectivity index (χ1n) is 5.61. The summed E-state index contributed by atoms with van der Waals surface area (Å²) in [6, 6.07) is 7.72. The molecule has 0 aliphatic heterocycles. The van der Waals surface area contributed by atoms with Crippen LogP contribution in [0.4, 0.5) is 5.82 Å². The zero-order valence-corrected chi connectivity index (χ0v) is 10.6. The number of nitrogens with two attached hydrogens (primary N) is 1. The van der Waals surface area contributed by atoms with Crippen molar-refractivity contribution in [1.82, 2.24) is 14.6 Å². The van der Waals surface area contributed by atoms with Crippen molar-refractivity contribution in [2.24, 2.45) is 0 Å². The zero-order valence-electron chi connectivity index (χ0n) is 9.83. The standard InChI is InChI=1S/C12H12N4OS/c1-2-17-9-5-3-8(4-6-9)11-14-12-16(15-11)10(13)7-18-12/h3-7H,2,13H2,1H3. The predicted molar refractivity (Wildman–Crippen MR) is 71.9 cm³/mol. The number of thiazole rings is 1. The summed E-state index contributed by atoms with van der Waals surface area (Å²) < 4.78 is 7.05. The molecule has 0 saturated heterocycles. The molecule has 2 heterocycles. The molecule has 0 atom stereocenters. The number of benzene rings is 1. The van der Waals surface area contributed by atoms with Gasteiger partial charge in [0.15, 0.2) is 5.82 Å². The van der Waals surface area contributed by atoms with Crippen molar-refractivity contribution in [2.45, 2.75) is 6.92 Å². The molecule has 3 aromatic rings. The Labute approximate surface area is 108 Å². The van der Waals surface area contributed by atoms with Crippen LogP contribution in [-0.2, 0) is 0 Å². The molecule has 18 heavy (non-hydrogen) atoms. The Bertz CT molecular complexity index is 671. The SMILES string of the molecule is CCOc1ccc(-c2nc3scc(N)n3n2)cc1. The Hall–Kier alpha value is -2.08. The molecule has 0 unspecified atom stereocenters. The number of aromatic nitrogens is 3. The van der Waals surface area contributed by atoms with Crippen molar-refractivity contribution in [2.75, 3.05) is 12.3 Å². The Morgan fingerprint density at radius 2 is 2.11 bits per heavy atom. The van der Waals surface area contributed by atoms with Crippen molar-refractivity contribution in [3.8, 4) is 17.1 Å². The van der Waals surface area contributed by atoms with E-state index >= 15 is 0 Å². The van der Waals surface area contributed by atoms with Crippen LogP contribution in [0, 0.1) is 0 Å². The molecule has 0 bridgehead atoms. The summed E-state index contributed by atoms with van der Waals surface area (Å²) in [6.45, 7) is 2.62. The molecule has 6 heteroatoms. The van der Waals surface area contributed by atoms with Gasteiger partial charge in [-0.05, 0) is 31.2 Å². The minimum atomic E-state index is 0.611. The number of ether oxygens (including phenoxy) is 1. The van der Waals surface area contributed by atoms with E-state index in [4.69, 9.17) is 10.5 Å². The summed E-state index contributed by atoms with van der Waals surface area (Å²) in [7, 11) is 0. The Kier molecular flexibility index (Phi) is 2.64. The fraction of sp³-hybridized carbons (Fsp3) is 0.167. The molecule has 0 fully saturated rings. The molecule has 0 spiro atoms. The van der Waals surface area contributed by atoms with Gasteiger partial charge >= 0.3 is 0 Å². The maximum absolute atomic E-state index is 5.78. The maximum atomic E-state index is 5.78. The molecule has 2 N–H and O–H groups in total. The number of nitrogens with zero attached hydrogens (tertiary/aromatic N) is 3. The predicted octanol–water partition coefficient (Wildman–Crippen LogP) is 2.44. The van der Waals surface area contributed by atoms with Gasteiger partial charge in [-0.15, -0.1) is 16.4 Å². The quantitative estimate of drug-likeness (QED) is 0.785. The van der Waals surface area contributed by atoms with Crippen molar-refractivity contribution in [1.29, 1.82) is 0 Å². The van der Waals surface area contributed by atoms with Gasteiger partial charge in [-0.1, -0.05) is 0 Å². The van der Waals surface area contributed by atoms with Gasteiger partial charge in [0.25, 0.3) is 0 Å². The summed E-state index contributed by atoms with van der Waals surface area (Å²) >= 11 is 1.48. The van der Waals surface area contributed by atoms with E-state index in [0.29, 0.717) is 18.2 Å². The Balaban J connectivity index is 1.97. The van der Waals surface area contributed by atoms with Crippen LogP contribution in [0.3, 0.4) is 0 Å². The molecule has 92 valence electrons. The minimum Gasteiger partial charge on any atom is -0.494 e. The van der Waals surface area contributed by atoms with Crippen molar-refractivity contribution >= 4 is 22.1 Å². The third kappa shape index (κ3) is 1.80. The van der Waals surface area contributed by atoms with Crippen LogP contribution in [0.5, 0.6) is 5.75 Å². The summed E-state index contributed by atoms with van der Waals surface area (Å²) in [5.74, 6) is 2.14. The summed E-state index contributed by atoms with van der Waals surface area (Å²) in [4.78, 5) is 5.23. The van der Waals surface area contributed by atoms with Crippen LogP contribution in [0.2, 0.25) is 0 Å². The first kappa shape index (κ1) is 11.0. The van der Waals surface area contributed by atoms with Gasteiger partial charge in [-0.2, -0.15) is 9.50 Å². The van der Waals surface area contributed by atoms with Gasteiger partial charge in [0.2, 0.25) is 4.96 Å². The molecule has 3 rings (SSSR count). The lowest BCUT2D eigenvalue weighted by Gasteiger charge is -2.02. The normalized spacial score (nSPS) is 10.9. The Morgan fingerprint density at radius 3 is 2.78 bits per heavy atom. The van der Waals surface area contributed by atoms with Crippen molar-refractivity contribution in [3.63, 3.8) is 0 Å². The first-order valence-corrected chi connectivity index (χ1v) is 6.49. The van der Waals surface area contributed by atoms with Crippen LogP contribution >= 0.6 is 11.3 Å². The van der Waals surface area contributed by atoms with Gasteiger partial charge in [-0.25, -0.2) is 0 Å². The van der Waals surface area contributed by atoms with E-state index in [1.807, 2.05) is 36.6 Å². The molecule has 5 nitrogen and oxygen atoms in total. The number of fused-ring (bicyclic) bond motifs is 1. The minimum absolute atomic E-state index is 0.611. The summed E-state index contributed by atoms with van der Waals surface area (Å²) in [5, 5.41) is 6.20. The van der Waals surface area contributed by atoms with Crippen LogP contribution in [-0.4, -0.2) is 21.2 Å². The highest BCUT2D eigenvalue weighted by molar-refractivity contribution is 7.15. The highest BCUT2D eigenvalue weighted by Gasteiger charge is 2.09. The van der Waals surface area contributed by atoms with Crippen LogP contribution < -0.4 is 10.5 Å². The van der Waals surface area contributed by atoms with Crippen molar-refractivity contribution < 1.29 is 4.74 Å². The topological polar surface area (TPSA) is 65.4 Å². The third-order valence-electron chi connectivity index (χ3n) is 2.53. The fourth-order valence-corrected chi connectivity index (χ4v) is 2.41. The summed E-state index contributed by atoms with van der Waals surface area (Å²) in [5.41, 5.74) is 6.73. The molecule has 1 aromatic carbocycles. The van der Waals surface area contributed by atoms with Gasteiger partial charge in [0, 0.05) is 10.9 Å². The smallest absolute Gasteiger partial charge is 0.214 e. The second-order valence-corrected chi connectivity index (χ2v) is 4.58. The number of hydrogen-bond acceptors (Lipinski definition) is 5. The van der Waals surface area contributed by atoms with E-state index in [1.54, 1.807) is 4.52 Å². The fourth-order valence-electron chi connectivity index (χ4n) is 1.69. The highest BCUT2D eigenvalue weighted by Crippen LogP contribution is 2.23. The van der Waals surface area contributed by atoms with Gasteiger partial charge < -0.3 is 10.5 Å². The molecule has 0 aliphatic rings.